The van der Waals surface area contributed by atoms with Crippen LogP contribution in [0.1, 0.15) is 12.0 Å². The van der Waals surface area contributed by atoms with Gasteiger partial charge in [-0.05, 0) is 24.0 Å². The summed E-state index contributed by atoms with van der Waals surface area (Å²) in [5.41, 5.74) is 0.856. The number of amides is 2. The number of carboxylic acids is 1. The number of carboxylic acid groups (broad SMARTS) is 1. The van der Waals surface area contributed by atoms with Gasteiger partial charge in [-0.25, -0.2) is 0 Å². The molecule has 6 nitrogen and oxygen atoms in total. The third-order valence-corrected chi connectivity index (χ3v) is 3.53. The van der Waals surface area contributed by atoms with E-state index in [1.807, 2.05) is 36.6 Å². The van der Waals surface area contributed by atoms with Gasteiger partial charge < -0.3 is 15.7 Å². The molecule has 0 saturated carbocycles. The van der Waals surface area contributed by atoms with E-state index in [0.717, 1.165) is 5.56 Å². The van der Waals surface area contributed by atoms with Crippen LogP contribution in [0, 0.1) is 0 Å². The van der Waals surface area contributed by atoms with Gasteiger partial charge in [0.25, 0.3) is 0 Å². The molecule has 0 unspecified atom stereocenters. The highest BCUT2D eigenvalue weighted by Gasteiger charge is 2.20. The number of carbonyl (C=O) groups excluding carboxylic acids is 2. The van der Waals surface area contributed by atoms with E-state index in [2.05, 4.69) is 10.6 Å². The summed E-state index contributed by atoms with van der Waals surface area (Å²) in [6, 6.07) is 8.49. The van der Waals surface area contributed by atoms with Crippen LogP contribution in [-0.4, -0.2) is 47.5 Å². The normalized spacial score (nSPS) is 11.5. The Morgan fingerprint density at radius 1 is 1.23 bits per heavy atom. The molecule has 0 aliphatic carbocycles. The number of thioether (sulfide) groups is 1. The molecule has 0 radical (unpaired) electrons. The molecule has 0 heterocycles. The molecule has 7 heteroatoms. The van der Waals surface area contributed by atoms with Gasteiger partial charge in [0.2, 0.25) is 11.8 Å². The van der Waals surface area contributed by atoms with Crippen LogP contribution in [0.5, 0.6) is 0 Å². The van der Waals surface area contributed by atoms with Gasteiger partial charge >= 0.3 is 5.97 Å². The highest BCUT2D eigenvalue weighted by atomic mass is 32.2. The fraction of sp³-hybridized carbons (Fsp3) is 0.400. The van der Waals surface area contributed by atoms with E-state index in [1.54, 1.807) is 11.8 Å². The van der Waals surface area contributed by atoms with E-state index in [0.29, 0.717) is 12.2 Å². The lowest BCUT2D eigenvalue weighted by atomic mass is 10.1. The monoisotopic (exact) mass is 324 g/mol. The van der Waals surface area contributed by atoms with Crippen molar-refractivity contribution in [2.24, 2.45) is 0 Å². The molecule has 1 rings (SSSR count). The molecule has 1 aromatic rings. The molecule has 0 spiro atoms. The van der Waals surface area contributed by atoms with Crippen molar-refractivity contribution < 1.29 is 19.5 Å². The Hall–Kier alpha value is -2.02. The van der Waals surface area contributed by atoms with Gasteiger partial charge in [0.1, 0.15) is 12.6 Å². The first-order valence-electron chi connectivity index (χ1n) is 6.84. The molecule has 1 atom stereocenters. The molecule has 0 aliphatic rings. The maximum atomic E-state index is 12.0. The van der Waals surface area contributed by atoms with E-state index >= 15 is 0 Å². The summed E-state index contributed by atoms with van der Waals surface area (Å²) in [5.74, 6) is -1.16. The minimum atomic E-state index is -1.12. The molecule has 0 aromatic heterocycles. The van der Waals surface area contributed by atoms with Crippen LogP contribution in [0.15, 0.2) is 30.3 Å². The van der Waals surface area contributed by atoms with Gasteiger partial charge in [0.15, 0.2) is 0 Å². The minimum Gasteiger partial charge on any atom is -0.480 e. The fourth-order valence-electron chi connectivity index (χ4n) is 1.82. The Morgan fingerprint density at radius 3 is 2.50 bits per heavy atom. The van der Waals surface area contributed by atoms with Crippen LogP contribution >= 0.6 is 11.8 Å². The topological polar surface area (TPSA) is 95.5 Å². The van der Waals surface area contributed by atoms with Crippen LogP contribution in [0.25, 0.3) is 0 Å². The van der Waals surface area contributed by atoms with E-state index in [9.17, 15) is 14.4 Å². The maximum Gasteiger partial charge on any atom is 0.322 e. The highest BCUT2D eigenvalue weighted by Crippen LogP contribution is 2.03. The van der Waals surface area contributed by atoms with Crippen molar-refractivity contribution >= 4 is 29.5 Å². The highest BCUT2D eigenvalue weighted by molar-refractivity contribution is 7.98. The number of carbonyl (C=O) groups is 3. The molecule has 2 amide bonds. The van der Waals surface area contributed by atoms with Gasteiger partial charge in [-0.3, -0.25) is 14.4 Å². The Morgan fingerprint density at radius 2 is 1.91 bits per heavy atom. The lowest BCUT2D eigenvalue weighted by molar-refractivity contribution is -0.138. The predicted molar refractivity (Wildman–Crippen MR) is 85.7 cm³/mol. The number of aliphatic carboxylic acids is 1. The largest absolute Gasteiger partial charge is 0.480 e. The zero-order chi connectivity index (χ0) is 16.4. The van der Waals surface area contributed by atoms with Crippen molar-refractivity contribution in [2.45, 2.75) is 18.9 Å². The second kappa shape index (κ2) is 9.83. The lowest BCUT2D eigenvalue weighted by Gasteiger charge is -2.17. The van der Waals surface area contributed by atoms with Gasteiger partial charge in [-0.15, -0.1) is 0 Å². The van der Waals surface area contributed by atoms with Crippen molar-refractivity contribution in [1.29, 1.82) is 0 Å². The summed E-state index contributed by atoms with van der Waals surface area (Å²) >= 11 is 1.56. The van der Waals surface area contributed by atoms with E-state index < -0.39 is 24.5 Å². The average Bonchev–Trinajstić information content (AvgIpc) is 2.50. The molecule has 0 bridgehead atoms. The van der Waals surface area contributed by atoms with Crippen molar-refractivity contribution in [1.82, 2.24) is 10.6 Å². The van der Waals surface area contributed by atoms with Crippen LogP contribution < -0.4 is 10.6 Å². The molecular formula is C15H20N2O4S. The second-order valence-corrected chi connectivity index (χ2v) is 5.66. The molecule has 1 aromatic carbocycles. The fourth-order valence-corrected chi connectivity index (χ4v) is 2.29. The standard InChI is InChI=1S/C15H20N2O4S/c1-22-8-7-12(15(21)16-10-14(19)20)17-13(18)9-11-5-3-2-4-6-11/h2-6,12H,7-10H2,1H3,(H,16,21)(H,17,18)(H,19,20)/t12-/m0/s1. The summed E-state index contributed by atoms with van der Waals surface area (Å²) in [5, 5.41) is 13.6. The number of hydrogen-bond acceptors (Lipinski definition) is 4. The van der Waals surface area contributed by atoms with E-state index in [4.69, 9.17) is 5.11 Å². The lowest BCUT2D eigenvalue weighted by Crippen LogP contribution is -2.48. The van der Waals surface area contributed by atoms with E-state index in [-0.39, 0.29) is 12.3 Å². The third kappa shape index (κ3) is 7.12. The van der Waals surface area contributed by atoms with Gasteiger partial charge in [-0.1, -0.05) is 30.3 Å². The summed E-state index contributed by atoms with van der Waals surface area (Å²) in [7, 11) is 0. The maximum absolute atomic E-state index is 12.0. The second-order valence-electron chi connectivity index (χ2n) is 4.68. The summed E-state index contributed by atoms with van der Waals surface area (Å²) < 4.78 is 0. The molecule has 22 heavy (non-hydrogen) atoms. The van der Waals surface area contributed by atoms with Gasteiger partial charge in [0, 0.05) is 0 Å². The Labute approximate surface area is 133 Å². The van der Waals surface area contributed by atoms with Crippen LogP contribution in [0.2, 0.25) is 0 Å². The van der Waals surface area contributed by atoms with Gasteiger partial charge in [0.05, 0.1) is 6.42 Å². The van der Waals surface area contributed by atoms with Crippen molar-refractivity contribution in [3.05, 3.63) is 35.9 Å². The molecule has 0 aliphatic heterocycles. The number of rotatable bonds is 9. The zero-order valence-corrected chi connectivity index (χ0v) is 13.2. The quantitative estimate of drug-likeness (QED) is 0.620. The number of benzene rings is 1. The summed E-state index contributed by atoms with van der Waals surface area (Å²) in [6.07, 6.45) is 2.54. The van der Waals surface area contributed by atoms with Crippen LogP contribution in [0.3, 0.4) is 0 Å². The molecule has 3 N–H and O–H groups in total. The Balaban J connectivity index is 2.57. The Bertz CT molecular complexity index is 508. The Kier molecular flexibility index (Phi) is 8.06. The van der Waals surface area contributed by atoms with E-state index in [1.165, 1.54) is 0 Å². The number of hydrogen-bond donors (Lipinski definition) is 3. The summed E-state index contributed by atoms with van der Waals surface area (Å²) in [6.45, 7) is -0.455. The average molecular weight is 324 g/mol. The third-order valence-electron chi connectivity index (χ3n) is 2.88. The zero-order valence-electron chi connectivity index (χ0n) is 12.4. The summed E-state index contributed by atoms with van der Waals surface area (Å²) in [4.78, 5) is 34.5. The molecular weight excluding hydrogens is 304 g/mol. The SMILES string of the molecule is CSCC[C@H](NC(=O)Cc1ccccc1)C(=O)NCC(=O)O. The minimum absolute atomic E-state index is 0.183. The van der Waals surface area contributed by atoms with Crippen molar-refractivity contribution in [3.63, 3.8) is 0 Å². The number of nitrogens with one attached hydrogen (secondary N) is 2. The van der Waals surface area contributed by atoms with Crippen LogP contribution in [-0.2, 0) is 20.8 Å². The van der Waals surface area contributed by atoms with Crippen molar-refractivity contribution in [3.8, 4) is 0 Å². The first kappa shape index (κ1) is 18.0. The predicted octanol–water partition coefficient (Wildman–Crippen LogP) is 0.668. The van der Waals surface area contributed by atoms with Crippen molar-refractivity contribution in [2.75, 3.05) is 18.6 Å². The molecule has 0 saturated heterocycles. The first-order valence-corrected chi connectivity index (χ1v) is 8.24. The van der Waals surface area contributed by atoms with Gasteiger partial charge in [-0.2, -0.15) is 11.8 Å². The smallest absolute Gasteiger partial charge is 0.322 e. The molecule has 0 fully saturated rings. The molecule has 120 valence electrons. The van der Waals surface area contributed by atoms with Crippen LogP contribution in [0.4, 0.5) is 0 Å². The first-order chi connectivity index (χ1) is 10.5.